The van der Waals surface area contributed by atoms with Gasteiger partial charge in [-0.1, -0.05) is 23.4 Å². The second kappa shape index (κ2) is 8.35. The molecule has 27 heavy (non-hydrogen) atoms. The Morgan fingerprint density at radius 3 is 2.59 bits per heavy atom. The molecule has 1 heterocycles. The lowest BCUT2D eigenvalue weighted by molar-refractivity contribution is -0.123. The van der Waals surface area contributed by atoms with Gasteiger partial charge in [0.1, 0.15) is 0 Å². The molecule has 7 heteroatoms. The number of nitrogens with one attached hydrogen (secondary N) is 1. The minimum atomic E-state index is -0.193. The molecule has 140 valence electrons. The molecule has 0 saturated heterocycles. The zero-order valence-corrected chi connectivity index (χ0v) is 15.4. The first-order valence-corrected chi connectivity index (χ1v) is 8.56. The molecular weight excluding hydrogens is 346 g/mol. The third-order valence-corrected chi connectivity index (χ3v) is 3.68. The zero-order chi connectivity index (χ0) is 19.2. The monoisotopic (exact) mass is 367 g/mol. The van der Waals surface area contributed by atoms with E-state index in [0.717, 1.165) is 11.1 Å². The molecule has 0 atom stereocenters. The Morgan fingerprint density at radius 2 is 1.89 bits per heavy atom. The first-order chi connectivity index (χ1) is 13.1. The fraction of sp³-hybridized carbons (Fsp3) is 0.250. The molecule has 0 radical (unpaired) electrons. The van der Waals surface area contributed by atoms with Crippen molar-refractivity contribution in [3.63, 3.8) is 0 Å². The Hall–Kier alpha value is -3.35. The lowest BCUT2D eigenvalue weighted by atomic mass is 10.2. The summed E-state index contributed by atoms with van der Waals surface area (Å²) < 4.78 is 16.3. The molecule has 1 aromatic heterocycles. The van der Waals surface area contributed by atoms with Crippen LogP contribution in [0.25, 0.3) is 22.8 Å². The van der Waals surface area contributed by atoms with Crippen molar-refractivity contribution in [1.29, 1.82) is 0 Å². The number of nitrogens with zero attached hydrogens (tertiary/aromatic N) is 2. The van der Waals surface area contributed by atoms with Crippen LogP contribution in [0.4, 0.5) is 0 Å². The van der Waals surface area contributed by atoms with Crippen LogP contribution >= 0.6 is 0 Å². The number of carbonyl (C=O) groups excluding carboxylic acids is 1. The number of ether oxygens (including phenoxy) is 2. The number of methoxy groups -OCH3 is 1. The fourth-order valence-electron chi connectivity index (χ4n) is 2.47. The van der Waals surface area contributed by atoms with Crippen LogP contribution in [0.3, 0.4) is 0 Å². The van der Waals surface area contributed by atoms with Crippen molar-refractivity contribution in [3.8, 4) is 34.3 Å². The van der Waals surface area contributed by atoms with Gasteiger partial charge in [0.2, 0.25) is 5.82 Å². The number of hydrogen-bond acceptors (Lipinski definition) is 6. The minimum Gasteiger partial charge on any atom is -0.493 e. The van der Waals surface area contributed by atoms with Crippen molar-refractivity contribution in [1.82, 2.24) is 15.5 Å². The van der Waals surface area contributed by atoms with Crippen LogP contribution in [0.2, 0.25) is 0 Å². The summed E-state index contributed by atoms with van der Waals surface area (Å²) in [6.07, 6.45) is 0. The molecule has 2 aromatic carbocycles. The molecule has 0 aliphatic carbocycles. The first-order valence-electron chi connectivity index (χ1n) is 8.56. The van der Waals surface area contributed by atoms with Crippen molar-refractivity contribution in [3.05, 3.63) is 48.5 Å². The van der Waals surface area contributed by atoms with Crippen molar-refractivity contribution >= 4 is 5.91 Å². The number of hydrogen-bond donors (Lipinski definition) is 1. The van der Waals surface area contributed by atoms with Crippen LogP contribution in [0.5, 0.6) is 11.5 Å². The van der Waals surface area contributed by atoms with E-state index in [1.54, 1.807) is 18.2 Å². The van der Waals surface area contributed by atoms with Gasteiger partial charge in [-0.2, -0.15) is 4.98 Å². The number of amides is 1. The summed E-state index contributed by atoms with van der Waals surface area (Å²) in [6.45, 7) is 3.69. The van der Waals surface area contributed by atoms with Crippen molar-refractivity contribution < 1.29 is 18.8 Å². The fourth-order valence-corrected chi connectivity index (χ4v) is 2.47. The van der Waals surface area contributed by atoms with E-state index in [9.17, 15) is 4.79 Å². The highest BCUT2D eigenvalue weighted by molar-refractivity contribution is 5.78. The summed E-state index contributed by atoms with van der Waals surface area (Å²) in [5.41, 5.74) is 1.57. The van der Waals surface area contributed by atoms with Crippen molar-refractivity contribution in [2.24, 2.45) is 0 Å². The van der Waals surface area contributed by atoms with E-state index >= 15 is 0 Å². The number of benzene rings is 2. The molecule has 0 fully saturated rings. The third kappa shape index (κ3) is 4.63. The van der Waals surface area contributed by atoms with E-state index in [1.807, 2.05) is 44.2 Å². The van der Waals surface area contributed by atoms with Crippen LogP contribution < -0.4 is 14.8 Å². The zero-order valence-electron chi connectivity index (χ0n) is 15.4. The van der Waals surface area contributed by atoms with Gasteiger partial charge in [-0.05, 0) is 44.2 Å². The Kier molecular flexibility index (Phi) is 5.71. The molecule has 0 aliphatic heterocycles. The lowest BCUT2D eigenvalue weighted by Crippen LogP contribution is -2.34. The maximum atomic E-state index is 11.7. The summed E-state index contributed by atoms with van der Waals surface area (Å²) in [7, 11) is 1.53. The van der Waals surface area contributed by atoms with Gasteiger partial charge in [0.25, 0.3) is 11.8 Å². The molecule has 0 unspecified atom stereocenters. The van der Waals surface area contributed by atoms with Gasteiger partial charge in [-0.3, -0.25) is 4.79 Å². The van der Waals surface area contributed by atoms with Gasteiger partial charge in [-0.25, -0.2) is 0 Å². The molecule has 0 aliphatic rings. The van der Waals surface area contributed by atoms with Crippen molar-refractivity contribution in [2.75, 3.05) is 13.7 Å². The van der Waals surface area contributed by atoms with Gasteiger partial charge in [0.05, 0.1) is 7.11 Å². The van der Waals surface area contributed by atoms with Crippen LogP contribution in [0.15, 0.2) is 53.1 Å². The molecule has 3 rings (SSSR count). The van der Waals surface area contributed by atoms with Gasteiger partial charge in [0, 0.05) is 17.2 Å². The third-order valence-electron chi connectivity index (χ3n) is 3.68. The molecule has 0 bridgehead atoms. The predicted octanol–water partition coefficient (Wildman–Crippen LogP) is 3.32. The van der Waals surface area contributed by atoms with Gasteiger partial charge >= 0.3 is 0 Å². The van der Waals surface area contributed by atoms with Crippen LogP contribution in [-0.2, 0) is 4.79 Å². The van der Waals surface area contributed by atoms with E-state index in [1.165, 1.54) is 7.11 Å². The van der Waals surface area contributed by atoms with E-state index < -0.39 is 0 Å². The largest absolute Gasteiger partial charge is 0.493 e. The Balaban J connectivity index is 1.76. The lowest BCUT2D eigenvalue weighted by Gasteiger charge is -2.12. The van der Waals surface area contributed by atoms with Crippen LogP contribution in [-0.4, -0.2) is 35.8 Å². The molecule has 7 nitrogen and oxygen atoms in total. The molecule has 1 amide bonds. The second-order valence-corrected chi connectivity index (χ2v) is 6.17. The summed E-state index contributed by atoms with van der Waals surface area (Å²) in [5.74, 6) is 1.64. The van der Waals surface area contributed by atoms with E-state index in [0.29, 0.717) is 23.2 Å². The second-order valence-electron chi connectivity index (χ2n) is 6.17. The SMILES string of the molecule is COc1cc(-c2noc(-c3ccccc3)n2)ccc1OCC(=O)NC(C)C. The Morgan fingerprint density at radius 1 is 1.11 bits per heavy atom. The van der Waals surface area contributed by atoms with Crippen LogP contribution in [0, 0.1) is 0 Å². The predicted molar refractivity (Wildman–Crippen MR) is 100 cm³/mol. The average molecular weight is 367 g/mol. The standard InChI is InChI=1S/C20H21N3O4/c1-13(2)21-18(24)12-26-16-10-9-15(11-17(16)25-3)19-22-20(27-23-19)14-7-5-4-6-8-14/h4-11,13H,12H2,1-3H3,(H,21,24). The summed E-state index contributed by atoms with van der Waals surface area (Å²) >= 11 is 0. The average Bonchev–Trinajstić information content (AvgIpc) is 3.16. The number of aromatic nitrogens is 2. The van der Waals surface area contributed by atoms with E-state index in [2.05, 4.69) is 15.5 Å². The van der Waals surface area contributed by atoms with Gasteiger partial charge < -0.3 is 19.3 Å². The summed E-state index contributed by atoms with van der Waals surface area (Å²) in [4.78, 5) is 16.2. The first kappa shape index (κ1) is 18.4. The Bertz CT molecular complexity index is 907. The van der Waals surface area contributed by atoms with Crippen LogP contribution in [0.1, 0.15) is 13.8 Å². The maximum absolute atomic E-state index is 11.7. The van der Waals surface area contributed by atoms with E-state index in [-0.39, 0.29) is 18.6 Å². The molecule has 3 aromatic rings. The minimum absolute atomic E-state index is 0.0578. The Labute approximate surface area is 157 Å². The van der Waals surface area contributed by atoms with Crippen molar-refractivity contribution in [2.45, 2.75) is 19.9 Å². The smallest absolute Gasteiger partial charge is 0.258 e. The number of rotatable bonds is 7. The summed E-state index contributed by atoms with van der Waals surface area (Å²) in [6, 6.07) is 14.8. The highest BCUT2D eigenvalue weighted by Gasteiger charge is 2.14. The summed E-state index contributed by atoms with van der Waals surface area (Å²) in [5, 5.41) is 6.80. The van der Waals surface area contributed by atoms with Gasteiger partial charge in [0.15, 0.2) is 18.1 Å². The topological polar surface area (TPSA) is 86.5 Å². The quantitative estimate of drug-likeness (QED) is 0.689. The van der Waals surface area contributed by atoms with E-state index in [4.69, 9.17) is 14.0 Å². The molecule has 0 saturated carbocycles. The molecule has 1 N–H and O–H groups in total. The highest BCUT2D eigenvalue weighted by atomic mass is 16.5. The highest BCUT2D eigenvalue weighted by Crippen LogP contribution is 2.32. The normalized spacial score (nSPS) is 10.7. The number of carbonyl (C=O) groups is 1. The molecular formula is C20H21N3O4. The molecule has 0 spiro atoms. The van der Waals surface area contributed by atoms with Gasteiger partial charge in [-0.15, -0.1) is 0 Å². The maximum Gasteiger partial charge on any atom is 0.258 e.